The average Bonchev–Trinajstić information content (AvgIpc) is 0.962. The van der Waals surface area contributed by atoms with E-state index in [1.165, 1.54) is 34.0 Å². The molecule has 0 aliphatic heterocycles. The Labute approximate surface area is 897 Å². The zero-order valence-corrected chi connectivity index (χ0v) is 94.4. The summed E-state index contributed by atoms with van der Waals surface area (Å²) in [6.07, 6.45) is -0.784. The lowest BCUT2D eigenvalue weighted by molar-refractivity contribution is -0.158. The van der Waals surface area contributed by atoms with Gasteiger partial charge in [0.1, 0.15) is 67.7 Å². The van der Waals surface area contributed by atoms with Gasteiger partial charge < -0.3 is 72.8 Å². The first kappa shape index (κ1) is 123. The third-order valence-electron chi connectivity index (χ3n) is 20.7. The summed E-state index contributed by atoms with van der Waals surface area (Å²) < 4.78 is 68.5. The number of hydrogen-bond donors (Lipinski definition) is 3. The lowest BCUT2D eigenvalue weighted by atomic mass is 9.83. The molecule has 4 aromatic carbocycles. The van der Waals surface area contributed by atoms with Crippen LogP contribution in [0.1, 0.15) is 365 Å². The van der Waals surface area contributed by atoms with Crippen molar-refractivity contribution in [1.82, 2.24) is 16.0 Å². The van der Waals surface area contributed by atoms with Gasteiger partial charge in [0.05, 0.1) is 29.3 Å². The van der Waals surface area contributed by atoms with Gasteiger partial charge in [0.2, 0.25) is 0 Å². The van der Waals surface area contributed by atoms with Gasteiger partial charge in [-0.2, -0.15) is 0 Å². The number of hydrogen-bond acceptors (Lipinski definition) is 27. The quantitative estimate of drug-likeness (QED) is 0.0183. The van der Waals surface area contributed by atoms with Crippen LogP contribution in [0.2, 0.25) is 0 Å². The van der Waals surface area contributed by atoms with E-state index >= 15 is 0 Å². The van der Waals surface area contributed by atoms with Crippen LogP contribution in [0.3, 0.4) is 0 Å². The van der Waals surface area contributed by atoms with E-state index in [-0.39, 0.29) is 116 Å². The second-order valence-corrected chi connectivity index (χ2v) is 48.7. The third kappa shape index (κ3) is 52.0. The number of amides is 3. The Balaban J connectivity index is 1.11. The standard InChI is InChI=1S/C120H147N3O24S3/c1-109(2,3)139-100(127)58-67-118(68-59-101(128)140-110(4,5)6,69-60-102(129)141-111(7,8)9)121-97(124)79-136-88-40-28-82(29-41-88)34-46-91-52-55-94(148-91)49-37-85-76-86(38-50-95-56-53-92(149-95)47-35-83-30-42-89(43-31-83)137-80-98(125)122-119(70-61-103(130)142-112(10,11)12,71-62-104(131)143-113(13,14)15)72-63-105(132)144-114(16,17)18)78-87(77-85)39-51-96-57-54-93(150-96)48-36-84-32-44-90(45-33-84)138-81-99(126)123-120(73-64-106(133)145-115(19,20)21,74-65-107(134)146-116(22,23)24)75-66-108(135)147-117(25,26)27/h28-33,40-45,52-57,76-78H,58-75,79-81H2,1-27H3,(H,121,124)(H,122,125)(H,123,126). The van der Waals surface area contributed by atoms with Crippen molar-refractivity contribution in [1.29, 1.82) is 0 Å². The zero-order valence-electron chi connectivity index (χ0n) is 92.0. The molecular weight excluding hydrogens is 1960 g/mol. The van der Waals surface area contributed by atoms with Gasteiger partial charge in [-0.1, -0.05) is 71.0 Å². The van der Waals surface area contributed by atoms with Crippen molar-refractivity contribution in [3.8, 4) is 88.3 Å². The molecule has 150 heavy (non-hydrogen) atoms. The number of thiophene rings is 3. The first-order valence-corrected chi connectivity index (χ1v) is 52.6. The second kappa shape index (κ2) is 54.7. The van der Waals surface area contributed by atoms with E-state index in [1.54, 1.807) is 260 Å². The Kier molecular flexibility index (Phi) is 45.0. The van der Waals surface area contributed by atoms with Gasteiger partial charge in [-0.15, -0.1) is 34.0 Å². The molecule has 804 valence electrons. The molecule has 0 radical (unpaired) electrons. The molecule has 0 bridgehead atoms. The normalized spacial score (nSPS) is 11.9. The van der Waals surface area contributed by atoms with Crippen molar-refractivity contribution in [2.45, 2.75) is 370 Å². The molecule has 3 N–H and O–H groups in total. The van der Waals surface area contributed by atoms with E-state index in [0.717, 1.165) is 29.3 Å². The number of carbonyl (C=O) groups is 12. The smallest absolute Gasteiger partial charge is 0.306 e. The van der Waals surface area contributed by atoms with Crippen LogP contribution >= 0.6 is 34.0 Å². The largest absolute Gasteiger partial charge is 0.484 e. The van der Waals surface area contributed by atoms with Crippen LogP contribution in [0.15, 0.2) is 127 Å². The van der Waals surface area contributed by atoms with Crippen molar-refractivity contribution >= 4 is 105 Å². The summed E-state index contributed by atoms with van der Waals surface area (Å²) in [6.45, 7) is 45.9. The molecule has 0 fully saturated rings. The van der Waals surface area contributed by atoms with Gasteiger partial charge in [-0.05, 0) is 372 Å². The van der Waals surface area contributed by atoms with Crippen LogP contribution < -0.4 is 30.2 Å². The van der Waals surface area contributed by atoms with Crippen molar-refractivity contribution in [2.24, 2.45) is 0 Å². The molecule has 0 aliphatic carbocycles. The molecule has 0 unspecified atom stereocenters. The summed E-state index contributed by atoms with van der Waals surface area (Å²) in [5, 5.41) is 9.09. The van der Waals surface area contributed by atoms with Crippen LogP contribution in [0, 0.1) is 71.0 Å². The van der Waals surface area contributed by atoms with E-state index in [0.29, 0.717) is 50.6 Å². The maximum Gasteiger partial charge on any atom is 0.306 e. The highest BCUT2D eigenvalue weighted by molar-refractivity contribution is 7.13. The number of ether oxygens (including phenoxy) is 12. The maximum atomic E-state index is 14.0. The van der Waals surface area contributed by atoms with Gasteiger partial charge in [0.25, 0.3) is 17.7 Å². The molecule has 27 nitrogen and oxygen atoms in total. The molecule has 3 aromatic heterocycles. The molecule has 0 saturated carbocycles. The average molecular weight is 2110 g/mol. The van der Waals surface area contributed by atoms with Crippen molar-refractivity contribution in [3.63, 3.8) is 0 Å². The van der Waals surface area contributed by atoms with Gasteiger partial charge in [0.15, 0.2) is 19.8 Å². The van der Waals surface area contributed by atoms with Crippen molar-refractivity contribution in [2.75, 3.05) is 19.8 Å². The summed E-state index contributed by atoms with van der Waals surface area (Å²) >= 11 is 4.21. The number of esters is 9. The van der Waals surface area contributed by atoms with Crippen molar-refractivity contribution < 1.29 is 114 Å². The molecule has 3 heterocycles. The Hall–Kier alpha value is -13.6. The topological polar surface area (TPSA) is 352 Å². The minimum absolute atomic E-state index is 0.0379. The van der Waals surface area contributed by atoms with Crippen LogP contribution in [-0.2, 0) is 100 Å². The number of rotatable bonds is 39. The zero-order chi connectivity index (χ0) is 112. The second-order valence-electron chi connectivity index (χ2n) is 45.5. The molecule has 7 aromatic rings. The van der Waals surface area contributed by atoms with Gasteiger partial charge >= 0.3 is 53.7 Å². The molecule has 0 atom stereocenters. The fourth-order valence-corrected chi connectivity index (χ4v) is 16.8. The predicted molar refractivity (Wildman–Crippen MR) is 579 cm³/mol. The van der Waals surface area contributed by atoms with Crippen molar-refractivity contribution in [3.05, 3.63) is 190 Å². The molecular formula is C120H147N3O24S3. The van der Waals surface area contributed by atoms with Gasteiger partial charge in [0, 0.05) is 108 Å². The monoisotopic (exact) mass is 2110 g/mol. The van der Waals surface area contributed by atoms with Crippen LogP contribution in [-0.4, -0.2) is 158 Å². The predicted octanol–water partition coefficient (Wildman–Crippen LogP) is 21.1. The summed E-state index contributed by atoms with van der Waals surface area (Å²) in [4.78, 5) is 165. The molecule has 30 heteroatoms. The fraction of sp³-hybridized carbons (Fsp3) is 0.500. The van der Waals surface area contributed by atoms with Crippen LogP contribution in [0.4, 0.5) is 0 Å². The molecule has 0 spiro atoms. The summed E-state index contributed by atoms with van der Waals surface area (Å²) in [7, 11) is 0. The summed E-state index contributed by atoms with van der Waals surface area (Å²) in [5.41, 5.74) is -6.95. The van der Waals surface area contributed by atoms with Crippen LogP contribution in [0.5, 0.6) is 17.2 Å². The van der Waals surface area contributed by atoms with E-state index in [9.17, 15) is 57.5 Å². The number of carbonyl (C=O) groups excluding carboxylic acids is 12. The lowest BCUT2D eigenvalue weighted by Gasteiger charge is -2.35. The fourth-order valence-electron chi connectivity index (χ4n) is 14.7. The Morgan fingerprint density at radius 3 is 0.480 bits per heavy atom. The molecule has 3 amide bonds. The summed E-state index contributed by atoms with van der Waals surface area (Å²) in [5.74, 6) is 34.0. The summed E-state index contributed by atoms with van der Waals surface area (Å²) in [6, 6.07) is 37.6. The Morgan fingerprint density at radius 1 is 0.200 bits per heavy atom. The third-order valence-corrected chi connectivity index (χ3v) is 23.4. The first-order chi connectivity index (χ1) is 69.5. The Bertz CT molecular complexity index is 5440. The first-order valence-electron chi connectivity index (χ1n) is 50.2. The highest BCUT2D eigenvalue weighted by Crippen LogP contribution is 2.35. The minimum atomic E-state index is -1.25. The van der Waals surface area contributed by atoms with E-state index in [4.69, 9.17) is 56.8 Å². The number of benzene rings is 4. The van der Waals surface area contributed by atoms with E-state index in [1.807, 2.05) is 54.6 Å². The lowest BCUT2D eigenvalue weighted by Crippen LogP contribution is -2.51. The molecule has 0 aliphatic rings. The maximum absolute atomic E-state index is 14.0. The van der Waals surface area contributed by atoms with Crippen LogP contribution in [0.25, 0.3) is 0 Å². The van der Waals surface area contributed by atoms with Gasteiger partial charge in [-0.3, -0.25) is 57.5 Å². The SMILES string of the molecule is CC(C)(C)OC(=O)CCC(CCC(=O)OC(C)(C)C)(CCC(=O)OC(C)(C)C)NC(=O)COc1ccc(C#Cc2ccc(C#Cc3cc(C#Cc4ccc(C#Cc5ccc(OCC(=O)NC(CCC(=O)OC(C)(C)C)(CCC(=O)OC(C)(C)C)CCC(=O)OC(C)(C)C)cc5)s4)cc(C#Cc4ccc(C#Cc5ccc(OCC(=O)NC(CCC(=O)OC(C)(C)C)(CCC(=O)OC(C)(C)C)CCC(=O)OC(C)(C)C)cc5)s4)c3)s2)cc1. The highest BCUT2D eigenvalue weighted by atomic mass is 32.1. The Morgan fingerprint density at radius 2 is 0.340 bits per heavy atom. The van der Waals surface area contributed by atoms with E-state index < -0.39 is 158 Å². The van der Waals surface area contributed by atoms with E-state index in [2.05, 4.69) is 87.0 Å². The highest BCUT2D eigenvalue weighted by Gasteiger charge is 2.41. The number of nitrogens with one attached hydrogen (secondary N) is 3. The molecule has 7 rings (SSSR count). The van der Waals surface area contributed by atoms with Gasteiger partial charge in [-0.25, -0.2) is 0 Å². The molecule has 0 saturated heterocycles. The minimum Gasteiger partial charge on any atom is -0.484 e.